The molecule has 0 heterocycles. The minimum absolute atomic E-state index is 0.338. The third-order valence-electron chi connectivity index (χ3n) is 0.548. The van der Waals surface area contributed by atoms with Gasteiger partial charge in [0.05, 0.1) is 0 Å². The van der Waals surface area contributed by atoms with Crippen LogP contribution >= 0.6 is 0 Å². The van der Waals surface area contributed by atoms with Crippen molar-refractivity contribution in [2.24, 2.45) is 5.73 Å². The van der Waals surface area contributed by atoms with Crippen molar-refractivity contribution in [1.82, 2.24) is 0 Å². The summed E-state index contributed by atoms with van der Waals surface area (Å²) in [6, 6.07) is 0. The second-order valence-corrected chi connectivity index (χ2v) is 1.15. The number of allylic oxidation sites excluding steroid dienone is 1. The van der Waals surface area contributed by atoms with Gasteiger partial charge in [0.2, 0.25) is 5.78 Å². The highest BCUT2D eigenvalue weighted by molar-refractivity contribution is 6.03. The van der Waals surface area contributed by atoms with Gasteiger partial charge in [-0.3, -0.25) is 4.79 Å². The number of terminal acetylenes is 1. The van der Waals surface area contributed by atoms with Crippen molar-refractivity contribution < 1.29 is 4.79 Å². The third kappa shape index (κ3) is 3.13. The van der Waals surface area contributed by atoms with Gasteiger partial charge >= 0.3 is 0 Å². The zero-order valence-electron chi connectivity index (χ0n) is 4.42. The summed E-state index contributed by atoms with van der Waals surface area (Å²) in [4.78, 5) is 10.2. The summed E-state index contributed by atoms with van der Waals surface area (Å²) in [6.07, 6.45) is 7.52. The smallest absolute Gasteiger partial charge is 0.228 e. The Morgan fingerprint density at radius 3 is 2.88 bits per heavy atom. The highest BCUT2D eigenvalue weighted by Gasteiger charge is 1.81. The largest absolute Gasteiger partial charge is 0.327 e. The van der Waals surface area contributed by atoms with E-state index in [0.29, 0.717) is 6.54 Å². The molecule has 0 amide bonds. The summed E-state index contributed by atoms with van der Waals surface area (Å²) in [6.45, 7) is 0.355. The SMILES string of the molecule is C#CC(=O)C=CCN. The van der Waals surface area contributed by atoms with E-state index in [1.165, 1.54) is 12.2 Å². The molecule has 0 radical (unpaired) electrons. The Labute approximate surface area is 48.4 Å². The monoisotopic (exact) mass is 109 g/mol. The van der Waals surface area contributed by atoms with Crippen molar-refractivity contribution in [1.29, 1.82) is 0 Å². The molecule has 2 heteroatoms. The molecule has 0 aliphatic carbocycles. The average molecular weight is 109 g/mol. The molecule has 0 aromatic rings. The Hall–Kier alpha value is -1.07. The standard InChI is InChI=1S/C6H7NO/c1-2-6(8)4-3-5-7/h1,3-4H,5,7H2. The van der Waals surface area contributed by atoms with Gasteiger partial charge in [0.1, 0.15) is 0 Å². The minimum Gasteiger partial charge on any atom is -0.327 e. The molecule has 0 spiro atoms. The number of carbonyl (C=O) groups excluding carboxylic acids is 1. The lowest BCUT2D eigenvalue weighted by atomic mass is 10.4. The van der Waals surface area contributed by atoms with Crippen LogP contribution in [-0.4, -0.2) is 12.3 Å². The molecule has 0 saturated heterocycles. The lowest BCUT2D eigenvalue weighted by Crippen LogP contribution is -1.94. The lowest BCUT2D eigenvalue weighted by Gasteiger charge is -1.74. The van der Waals surface area contributed by atoms with E-state index in [1.54, 1.807) is 0 Å². The maximum Gasteiger partial charge on any atom is 0.228 e. The topological polar surface area (TPSA) is 43.1 Å². The fourth-order valence-corrected chi connectivity index (χ4v) is 0.223. The third-order valence-corrected chi connectivity index (χ3v) is 0.548. The second-order valence-electron chi connectivity index (χ2n) is 1.15. The van der Waals surface area contributed by atoms with E-state index in [1.807, 2.05) is 5.92 Å². The van der Waals surface area contributed by atoms with Crippen molar-refractivity contribution in [3.63, 3.8) is 0 Å². The van der Waals surface area contributed by atoms with E-state index in [2.05, 4.69) is 0 Å². The summed E-state index contributed by atoms with van der Waals surface area (Å²) in [5.74, 6) is 1.58. The van der Waals surface area contributed by atoms with Gasteiger partial charge < -0.3 is 5.73 Å². The molecule has 8 heavy (non-hydrogen) atoms. The molecule has 2 nitrogen and oxygen atoms in total. The van der Waals surface area contributed by atoms with Crippen LogP contribution in [-0.2, 0) is 4.79 Å². The highest BCUT2D eigenvalue weighted by atomic mass is 16.1. The summed E-state index contributed by atoms with van der Waals surface area (Å²) in [7, 11) is 0. The van der Waals surface area contributed by atoms with Crippen LogP contribution in [0.15, 0.2) is 12.2 Å². The van der Waals surface area contributed by atoms with Gasteiger partial charge in [-0.25, -0.2) is 0 Å². The normalized spacial score (nSPS) is 9.00. The predicted octanol–water partition coefficient (Wildman–Crippen LogP) is -0.296. The summed E-state index contributed by atoms with van der Waals surface area (Å²) in [5.41, 5.74) is 5.02. The summed E-state index contributed by atoms with van der Waals surface area (Å²) >= 11 is 0. The molecule has 0 aromatic carbocycles. The van der Waals surface area contributed by atoms with Crippen LogP contribution in [0.1, 0.15) is 0 Å². The second kappa shape index (κ2) is 4.10. The maximum absolute atomic E-state index is 10.2. The van der Waals surface area contributed by atoms with Gasteiger partial charge in [0.15, 0.2) is 0 Å². The van der Waals surface area contributed by atoms with Crippen LogP contribution in [0.3, 0.4) is 0 Å². The molecule has 0 atom stereocenters. The number of hydrogen-bond donors (Lipinski definition) is 1. The van der Waals surface area contributed by atoms with E-state index < -0.39 is 0 Å². The molecule has 0 bridgehead atoms. The first-order chi connectivity index (χ1) is 3.81. The molecule has 0 unspecified atom stereocenters. The van der Waals surface area contributed by atoms with Gasteiger partial charge in [-0.2, -0.15) is 0 Å². The minimum atomic E-state index is -0.338. The Morgan fingerprint density at radius 2 is 2.50 bits per heavy atom. The molecular weight excluding hydrogens is 102 g/mol. The quantitative estimate of drug-likeness (QED) is 0.300. The zero-order chi connectivity index (χ0) is 6.41. The van der Waals surface area contributed by atoms with E-state index in [4.69, 9.17) is 12.2 Å². The summed E-state index contributed by atoms with van der Waals surface area (Å²) in [5, 5.41) is 0. The first-order valence-corrected chi connectivity index (χ1v) is 2.18. The van der Waals surface area contributed by atoms with Crippen LogP contribution < -0.4 is 5.73 Å². The van der Waals surface area contributed by atoms with Gasteiger partial charge in [0.25, 0.3) is 0 Å². The van der Waals surface area contributed by atoms with Gasteiger partial charge in [-0.1, -0.05) is 6.08 Å². The molecular formula is C6H7NO. The van der Waals surface area contributed by atoms with Crippen LogP contribution in [0, 0.1) is 12.3 Å². The van der Waals surface area contributed by atoms with Crippen LogP contribution in [0.5, 0.6) is 0 Å². The van der Waals surface area contributed by atoms with E-state index in [-0.39, 0.29) is 5.78 Å². The van der Waals surface area contributed by atoms with Crippen LogP contribution in [0.4, 0.5) is 0 Å². The Kier molecular flexibility index (Phi) is 3.55. The maximum atomic E-state index is 10.2. The predicted molar refractivity (Wildman–Crippen MR) is 32.0 cm³/mol. The lowest BCUT2D eigenvalue weighted by molar-refractivity contribution is -0.109. The van der Waals surface area contributed by atoms with Crippen molar-refractivity contribution in [3.05, 3.63) is 12.2 Å². The average Bonchev–Trinajstić information content (AvgIpc) is 1.83. The number of nitrogens with two attached hydrogens (primary N) is 1. The first kappa shape index (κ1) is 6.93. The van der Waals surface area contributed by atoms with Crippen LogP contribution in [0.2, 0.25) is 0 Å². The van der Waals surface area contributed by atoms with E-state index >= 15 is 0 Å². The molecule has 0 aliphatic heterocycles. The van der Waals surface area contributed by atoms with Gasteiger partial charge in [-0.15, -0.1) is 6.42 Å². The number of ketones is 1. The van der Waals surface area contributed by atoms with Crippen molar-refractivity contribution in [3.8, 4) is 12.3 Å². The van der Waals surface area contributed by atoms with E-state index in [9.17, 15) is 4.79 Å². The van der Waals surface area contributed by atoms with Crippen LogP contribution in [0.25, 0.3) is 0 Å². The van der Waals surface area contributed by atoms with E-state index in [0.717, 1.165) is 0 Å². The van der Waals surface area contributed by atoms with Gasteiger partial charge in [-0.05, 0) is 12.0 Å². The molecule has 2 N–H and O–H groups in total. The van der Waals surface area contributed by atoms with Gasteiger partial charge in [0, 0.05) is 6.54 Å². The van der Waals surface area contributed by atoms with Crippen molar-refractivity contribution in [2.45, 2.75) is 0 Å². The molecule has 0 aromatic heterocycles. The number of rotatable bonds is 2. The molecule has 0 fully saturated rings. The Morgan fingerprint density at radius 1 is 1.88 bits per heavy atom. The zero-order valence-corrected chi connectivity index (χ0v) is 4.42. The molecule has 0 saturated carbocycles. The molecule has 0 aliphatic rings. The first-order valence-electron chi connectivity index (χ1n) is 2.18. The molecule has 42 valence electrons. The van der Waals surface area contributed by atoms with Crippen molar-refractivity contribution >= 4 is 5.78 Å². The highest BCUT2D eigenvalue weighted by Crippen LogP contribution is 1.70. The van der Waals surface area contributed by atoms with Crippen molar-refractivity contribution in [2.75, 3.05) is 6.54 Å². The fourth-order valence-electron chi connectivity index (χ4n) is 0.223. The number of carbonyl (C=O) groups is 1. The Balaban J connectivity index is 3.58. The molecule has 0 rings (SSSR count). The number of hydrogen-bond acceptors (Lipinski definition) is 2. The fraction of sp³-hybridized carbons (Fsp3) is 0.167. The summed E-state index contributed by atoms with van der Waals surface area (Å²) < 4.78 is 0. The Bertz CT molecular complexity index is 141.